The molecule has 0 aliphatic heterocycles. The minimum absolute atomic E-state index is 0.0788. The van der Waals surface area contributed by atoms with Gasteiger partial charge in [0.05, 0.1) is 5.69 Å². The van der Waals surface area contributed by atoms with Gasteiger partial charge in [0.25, 0.3) is 5.56 Å². The van der Waals surface area contributed by atoms with Crippen molar-refractivity contribution >= 4 is 5.97 Å². The first kappa shape index (κ1) is 14.5. The zero-order valence-corrected chi connectivity index (χ0v) is 11.8. The Labute approximate surface area is 120 Å². The van der Waals surface area contributed by atoms with E-state index in [2.05, 4.69) is 5.10 Å². The molecule has 0 radical (unpaired) electrons. The molecule has 0 unspecified atom stereocenters. The molecule has 106 valence electrons. The van der Waals surface area contributed by atoms with Crippen LogP contribution in [0.1, 0.15) is 32.7 Å². The summed E-state index contributed by atoms with van der Waals surface area (Å²) in [7, 11) is 0. The average molecular weight is 283 g/mol. The molecule has 2 aromatic rings. The number of nitriles is 1. The summed E-state index contributed by atoms with van der Waals surface area (Å²) in [6.07, 6.45) is 0. The van der Waals surface area contributed by atoms with E-state index in [-0.39, 0.29) is 16.8 Å². The van der Waals surface area contributed by atoms with Crippen LogP contribution in [-0.2, 0) is 0 Å². The monoisotopic (exact) mass is 283 g/mol. The molecule has 0 bridgehead atoms. The van der Waals surface area contributed by atoms with E-state index in [4.69, 9.17) is 10.4 Å². The predicted molar refractivity (Wildman–Crippen MR) is 75.7 cm³/mol. The van der Waals surface area contributed by atoms with Gasteiger partial charge in [-0.25, -0.2) is 4.79 Å². The van der Waals surface area contributed by atoms with Gasteiger partial charge in [-0.2, -0.15) is 15.0 Å². The fourth-order valence-electron chi connectivity index (χ4n) is 1.97. The summed E-state index contributed by atoms with van der Waals surface area (Å²) >= 11 is 0. The Morgan fingerprint density at radius 1 is 1.29 bits per heavy atom. The van der Waals surface area contributed by atoms with Crippen LogP contribution in [-0.4, -0.2) is 20.9 Å². The number of aromatic nitrogens is 2. The molecule has 1 aromatic carbocycles. The molecule has 2 rings (SSSR count). The summed E-state index contributed by atoms with van der Waals surface area (Å²) < 4.78 is 0.960. The van der Waals surface area contributed by atoms with Crippen molar-refractivity contribution in [3.8, 4) is 11.8 Å². The number of carboxylic acid groups (broad SMARTS) is 1. The molecule has 0 fully saturated rings. The van der Waals surface area contributed by atoms with E-state index in [9.17, 15) is 9.59 Å². The van der Waals surface area contributed by atoms with Gasteiger partial charge in [0.15, 0.2) is 5.69 Å². The van der Waals surface area contributed by atoms with Gasteiger partial charge in [-0.3, -0.25) is 4.79 Å². The Bertz CT molecular complexity index is 844. The molecular weight excluding hydrogens is 270 g/mol. The van der Waals surface area contributed by atoms with Crippen molar-refractivity contribution < 1.29 is 9.90 Å². The van der Waals surface area contributed by atoms with Crippen LogP contribution in [0.3, 0.4) is 0 Å². The quantitative estimate of drug-likeness (QED) is 0.905. The number of rotatable bonds is 2. The molecule has 0 aliphatic carbocycles. The third kappa shape index (κ3) is 2.41. The van der Waals surface area contributed by atoms with Gasteiger partial charge < -0.3 is 5.11 Å². The lowest BCUT2D eigenvalue weighted by Gasteiger charge is -2.10. The van der Waals surface area contributed by atoms with E-state index in [1.54, 1.807) is 18.2 Å². The molecule has 1 heterocycles. The van der Waals surface area contributed by atoms with Crippen LogP contribution in [0.25, 0.3) is 5.69 Å². The van der Waals surface area contributed by atoms with E-state index < -0.39 is 11.5 Å². The lowest BCUT2D eigenvalue weighted by molar-refractivity contribution is 0.0687. The molecule has 0 atom stereocenters. The number of aryl methyl sites for hydroxylation is 2. The summed E-state index contributed by atoms with van der Waals surface area (Å²) in [5.74, 6) is -1.28. The van der Waals surface area contributed by atoms with Gasteiger partial charge in [0.2, 0.25) is 0 Å². The van der Waals surface area contributed by atoms with Crippen molar-refractivity contribution in [2.75, 3.05) is 0 Å². The highest BCUT2D eigenvalue weighted by molar-refractivity contribution is 5.87. The smallest absolute Gasteiger partial charge is 0.356 e. The second-order valence-corrected chi connectivity index (χ2v) is 4.75. The Kier molecular flexibility index (Phi) is 3.59. The van der Waals surface area contributed by atoms with Crippen LogP contribution in [0.2, 0.25) is 0 Å². The van der Waals surface area contributed by atoms with Gasteiger partial charge >= 0.3 is 5.97 Å². The first-order valence-electron chi connectivity index (χ1n) is 6.21. The molecule has 0 aliphatic rings. The third-order valence-corrected chi connectivity index (χ3v) is 3.39. The Balaban J connectivity index is 2.83. The minimum Gasteiger partial charge on any atom is -0.476 e. The number of nitrogens with zero attached hydrogens (tertiary/aromatic N) is 3. The Morgan fingerprint density at radius 3 is 2.48 bits per heavy atom. The lowest BCUT2D eigenvalue weighted by Crippen LogP contribution is -2.28. The largest absolute Gasteiger partial charge is 0.476 e. The zero-order valence-electron chi connectivity index (χ0n) is 11.8. The highest BCUT2D eigenvalue weighted by atomic mass is 16.4. The van der Waals surface area contributed by atoms with Gasteiger partial charge in [0, 0.05) is 5.56 Å². The fraction of sp³-hybridized carbons (Fsp3) is 0.200. The van der Waals surface area contributed by atoms with Gasteiger partial charge in [0.1, 0.15) is 11.6 Å². The number of carbonyl (C=O) groups is 1. The molecule has 1 N–H and O–H groups in total. The predicted octanol–water partition coefficient (Wildman–Crippen LogP) is 1.73. The van der Waals surface area contributed by atoms with Crippen molar-refractivity contribution in [1.29, 1.82) is 5.26 Å². The van der Waals surface area contributed by atoms with Crippen molar-refractivity contribution in [2.45, 2.75) is 20.8 Å². The van der Waals surface area contributed by atoms with E-state index in [0.29, 0.717) is 5.69 Å². The van der Waals surface area contributed by atoms with Gasteiger partial charge in [-0.15, -0.1) is 0 Å². The summed E-state index contributed by atoms with van der Waals surface area (Å²) in [6, 6.07) is 6.96. The first-order chi connectivity index (χ1) is 9.86. The summed E-state index contributed by atoms with van der Waals surface area (Å²) in [4.78, 5) is 23.5. The molecule has 0 amide bonds. The number of aromatic carboxylic acids is 1. The third-order valence-electron chi connectivity index (χ3n) is 3.39. The van der Waals surface area contributed by atoms with Crippen LogP contribution < -0.4 is 5.56 Å². The second-order valence-electron chi connectivity index (χ2n) is 4.75. The molecule has 1 aromatic heterocycles. The normalized spacial score (nSPS) is 10.2. The SMILES string of the molecule is Cc1ccc(-n2nc(C(=O)O)c(C)c(C#N)c2=O)cc1C. The van der Waals surface area contributed by atoms with E-state index in [1.807, 2.05) is 19.9 Å². The van der Waals surface area contributed by atoms with Gasteiger partial charge in [-0.05, 0) is 44.0 Å². The van der Waals surface area contributed by atoms with Crippen molar-refractivity contribution in [1.82, 2.24) is 9.78 Å². The second kappa shape index (κ2) is 5.21. The highest BCUT2D eigenvalue weighted by Crippen LogP contribution is 2.14. The molecule has 0 saturated heterocycles. The Hall–Kier alpha value is -2.94. The average Bonchev–Trinajstić information content (AvgIpc) is 2.42. The molecule has 6 nitrogen and oxygen atoms in total. The molecule has 0 spiro atoms. The van der Waals surface area contributed by atoms with Crippen molar-refractivity contribution in [3.63, 3.8) is 0 Å². The van der Waals surface area contributed by atoms with Gasteiger partial charge in [-0.1, -0.05) is 6.07 Å². The van der Waals surface area contributed by atoms with E-state index >= 15 is 0 Å². The Morgan fingerprint density at radius 2 is 1.95 bits per heavy atom. The molecule has 0 saturated carbocycles. The minimum atomic E-state index is -1.28. The molecular formula is C15H13N3O3. The van der Waals surface area contributed by atoms with Crippen LogP contribution in [0.5, 0.6) is 0 Å². The maximum Gasteiger partial charge on any atom is 0.356 e. The number of hydrogen-bond donors (Lipinski definition) is 1. The van der Waals surface area contributed by atoms with Crippen LogP contribution in [0, 0.1) is 32.1 Å². The highest BCUT2D eigenvalue weighted by Gasteiger charge is 2.19. The number of hydrogen-bond acceptors (Lipinski definition) is 4. The molecule has 6 heteroatoms. The van der Waals surface area contributed by atoms with Crippen LogP contribution in [0.15, 0.2) is 23.0 Å². The standard InChI is InChI=1S/C15H13N3O3/c1-8-4-5-11(6-9(8)2)18-14(19)12(7-16)10(3)13(17-18)15(20)21/h4-6H,1-3H3,(H,20,21). The van der Waals surface area contributed by atoms with E-state index in [0.717, 1.165) is 15.8 Å². The molecule has 21 heavy (non-hydrogen) atoms. The number of carboxylic acids is 1. The van der Waals surface area contributed by atoms with Crippen molar-refractivity contribution in [3.05, 3.63) is 56.5 Å². The fourth-order valence-corrected chi connectivity index (χ4v) is 1.97. The first-order valence-corrected chi connectivity index (χ1v) is 6.21. The van der Waals surface area contributed by atoms with Crippen LogP contribution in [0.4, 0.5) is 0 Å². The topological polar surface area (TPSA) is 96.0 Å². The van der Waals surface area contributed by atoms with Crippen molar-refractivity contribution in [2.24, 2.45) is 0 Å². The van der Waals surface area contributed by atoms with Crippen LogP contribution >= 0.6 is 0 Å². The summed E-state index contributed by atoms with van der Waals surface area (Å²) in [5, 5.41) is 22.1. The maximum absolute atomic E-state index is 12.3. The summed E-state index contributed by atoms with van der Waals surface area (Å²) in [5.41, 5.74) is 1.36. The number of benzene rings is 1. The maximum atomic E-state index is 12.3. The summed E-state index contributed by atoms with van der Waals surface area (Å²) in [6.45, 7) is 5.20. The zero-order chi connectivity index (χ0) is 15.7. The lowest BCUT2D eigenvalue weighted by atomic mass is 10.1. The van der Waals surface area contributed by atoms with E-state index in [1.165, 1.54) is 6.92 Å².